The first-order valence-electron chi connectivity index (χ1n) is 8.38. The summed E-state index contributed by atoms with van der Waals surface area (Å²) in [5, 5.41) is 6.26. The Morgan fingerprint density at radius 3 is 2.88 bits per heavy atom. The molecule has 1 saturated heterocycles. The molecular formula is C17H25ClN4O2. The fraction of sp³-hybridized carbons (Fsp3) is 0.588. The number of nitrogens with one attached hydrogen (secondary N) is 2. The Morgan fingerprint density at radius 2 is 2.21 bits per heavy atom. The molecule has 7 heteroatoms. The lowest BCUT2D eigenvalue weighted by atomic mass is 9.97. The summed E-state index contributed by atoms with van der Waals surface area (Å²) in [5.41, 5.74) is 0. The molecule has 1 aromatic rings. The van der Waals surface area contributed by atoms with Crippen molar-refractivity contribution in [2.24, 2.45) is 5.92 Å². The summed E-state index contributed by atoms with van der Waals surface area (Å²) in [6.45, 7) is 6.18. The number of amides is 2. The van der Waals surface area contributed by atoms with Crippen molar-refractivity contribution in [1.29, 1.82) is 0 Å². The first kappa shape index (κ1) is 18.7. The topological polar surface area (TPSA) is 74.3 Å². The van der Waals surface area contributed by atoms with Crippen molar-refractivity contribution in [2.75, 3.05) is 25.0 Å². The molecule has 132 valence electrons. The number of piperidine rings is 1. The first-order valence-corrected chi connectivity index (χ1v) is 8.76. The first-order chi connectivity index (χ1) is 11.4. The Hall–Kier alpha value is -1.66. The van der Waals surface area contributed by atoms with Crippen LogP contribution in [0.2, 0.25) is 5.02 Å². The highest BCUT2D eigenvalue weighted by atomic mass is 35.5. The maximum atomic E-state index is 12.4. The molecule has 0 spiro atoms. The van der Waals surface area contributed by atoms with Gasteiger partial charge in [0.1, 0.15) is 5.82 Å². The van der Waals surface area contributed by atoms with Crippen LogP contribution >= 0.6 is 11.6 Å². The molecule has 6 nitrogen and oxygen atoms in total. The monoisotopic (exact) mass is 352 g/mol. The average molecular weight is 353 g/mol. The summed E-state index contributed by atoms with van der Waals surface area (Å²) in [7, 11) is 0. The fourth-order valence-corrected chi connectivity index (χ4v) is 2.92. The van der Waals surface area contributed by atoms with Gasteiger partial charge in [0.15, 0.2) is 0 Å². The molecule has 2 rings (SSSR count). The third-order valence-corrected chi connectivity index (χ3v) is 4.18. The van der Waals surface area contributed by atoms with E-state index in [1.807, 2.05) is 13.8 Å². The quantitative estimate of drug-likeness (QED) is 0.823. The maximum absolute atomic E-state index is 12.4. The number of nitrogens with zero attached hydrogens (tertiary/aromatic N) is 2. The predicted octanol–water partition coefficient (Wildman–Crippen LogP) is 2.30. The van der Waals surface area contributed by atoms with E-state index < -0.39 is 0 Å². The third-order valence-electron chi connectivity index (χ3n) is 3.96. The Labute approximate surface area is 148 Å². The standard InChI is InChI=1S/C17H25ClN4O2/c1-12(2)20-16(23)7-9-22-8-3-4-13(11-22)17(24)21-15-6-5-14(18)10-19-15/h5-6,10,12-13H,3-4,7-9,11H2,1-2H3,(H,20,23)(H,19,21,24). The van der Waals surface area contributed by atoms with E-state index in [0.717, 1.165) is 19.4 Å². The van der Waals surface area contributed by atoms with Gasteiger partial charge in [0, 0.05) is 31.7 Å². The third kappa shape index (κ3) is 6.09. The molecule has 2 amide bonds. The van der Waals surface area contributed by atoms with Crippen LogP contribution in [-0.4, -0.2) is 47.4 Å². The molecule has 2 N–H and O–H groups in total. The van der Waals surface area contributed by atoms with Gasteiger partial charge in [-0.25, -0.2) is 4.98 Å². The highest BCUT2D eigenvalue weighted by Gasteiger charge is 2.26. The second-order valence-corrected chi connectivity index (χ2v) is 6.90. The lowest BCUT2D eigenvalue weighted by molar-refractivity contribution is -0.122. The van der Waals surface area contributed by atoms with Crippen molar-refractivity contribution < 1.29 is 9.59 Å². The minimum absolute atomic E-state index is 0.0267. The van der Waals surface area contributed by atoms with Gasteiger partial charge in [-0.05, 0) is 45.4 Å². The second kappa shape index (κ2) is 8.99. The largest absolute Gasteiger partial charge is 0.354 e. The van der Waals surface area contributed by atoms with Crippen LogP contribution in [0.3, 0.4) is 0 Å². The maximum Gasteiger partial charge on any atom is 0.229 e. The number of anilines is 1. The number of hydrogen-bond donors (Lipinski definition) is 2. The number of likely N-dealkylation sites (tertiary alicyclic amines) is 1. The average Bonchev–Trinajstić information content (AvgIpc) is 2.55. The van der Waals surface area contributed by atoms with Crippen molar-refractivity contribution in [3.05, 3.63) is 23.4 Å². The molecule has 24 heavy (non-hydrogen) atoms. The predicted molar refractivity (Wildman–Crippen MR) is 94.9 cm³/mol. The van der Waals surface area contributed by atoms with Gasteiger partial charge in [0.25, 0.3) is 0 Å². The summed E-state index contributed by atoms with van der Waals surface area (Å²) in [4.78, 5) is 30.4. The molecular weight excluding hydrogens is 328 g/mol. The number of halogens is 1. The van der Waals surface area contributed by atoms with Crippen molar-refractivity contribution in [2.45, 2.75) is 39.2 Å². The van der Waals surface area contributed by atoms with Gasteiger partial charge in [0.2, 0.25) is 11.8 Å². The van der Waals surface area contributed by atoms with E-state index >= 15 is 0 Å². The highest BCUT2D eigenvalue weighted by Crippen LogP contribution is 2.19. The van der Waals surface area contributed by atoms with E-state index in [2.05, 4.69) is 20.5 Å². The van der Waals surface area contributed by atoms with Crippen LogP contribution in [0.25, 0.3) is 0 Å². The minimum atomic E-state index is -0.0793. The fourth-order valence-electron chi connectivity index (χ4n) is 2.80. The van der Waals surface area contributed by atoms with E-state index in [1.54, 1.807) is 12.1 Å². The zero-order valence-corrected chi connectivity index (χ0v) is 15.0. The molecule has 0 aliphatic carbocycles. The van der Waals surface area contributed by atoms with Gasteiger partial charge < -0.3 is 15.5 Å². The molecule has 1 aliphatic rings. The molecule has 0 saturated carbocycles. The van der Waals surface area contributed by atoms with Crippen LogP contribution in [0.15, 0.2) is 18.3 Å². The van der Waals surface area contributed by atoms with E-state index in [1.165, 1.54) is 6.20 Å². The molecule has 2 heterocycles. The number of carbonyl (C=O) groups is 2. The zero-order chi connectivity index (χ0) is 17.5. The lowest BCUT2D eigenvalue weighted by Gasteiger charge is -2.31. The van der Waals surface area contributed by atoms with Gasteiger partial charge in [-0.15, -0.1) is 0 Å². The van der Waals surface area contributed by atoms with Crippen molar-refractivity contribution in [3.8, 4) is 0 Å². The summed E-state index contributed by atoms with van der Waals surface area (Å²) in [6.07, 6.45) is 3.79. The summed E-state index contributed by atoms with van der Waals surface area (Å²) >= 11 is 5.79. The number of aromatic nitrogens is 1. The highest BCUT2D eigenvalue weighted by molar-refractivity contribution is 6.30. The van der Waals surface area contributed by atoms with E-state index in [0.29, 0.717) is 30.4 Å². The summed E-state index contributed by atoms with van der Waals surface area (Å²) in [6, 6.07) is 3.55. The van der Waals surface area contributed by atoms with E-state index in [9.17, 15) is 9.59 Å². The zero-order valence-electron chi connectivity index (χ0n) is 14.2. The number of hydrogen-bond acceptors (Lipinski definition) is 4. The molecule has 1 aromatic heterocycles. The molecule has 1 unspecified atom stereocenters. The van der Waals surface area contributed by atoms with Gasteiger partial charge in [-0.3, -0.25) is 9.59 Å². The van der Waals surface area contributed by atoms with Crippen LogP contribution in [0.4, 0.5) is 5.82 Å². The lowest BCUT2D eigenvalue weighted by Crippen LogP contribution is -2.42. The van der Waals surface area contributed by atoms with Crippen LogP contribution in [0, 0.1) is 5.92 Å². The number of rotatable bonds is 6. The molecule has 0 radical (unpaired) electrons. The second-order valence-electron chi connectivity index (χ2n) is 6.46. The smallest absolute Gasteiger partial charge is 0.229 e. The van der Waals surface area contributed by atoms with Crippen LogP contribution in [-0.2, 0) is 9.59 Å². The van der Waals surface area contributed by atoms with Gasteiger partial charge in [0.05, 0.1) is 10.9 Å². The van der Waals surface area contributed by atoms with Gasteiger partial charge >= 0.3 is 0 Å². The number of pyridine rings is 1. The Balaban J connectivity index is 1.80. The van der Waals surface area contributed by atoms with Crippen LogP contribution < -0.4 is 10.6 Å². The SMILES string of the molecule is CC(C)NC(=O)CCN1CCCC(C(=O)Nc2ccc(Cl)cn2)C1. The van der Waals surface area contributed by atoms with Gasteiger partial charge in [-0.2, -0.15) is 0 Å². The Kier molecular flexibility index (Phi) is 6.99. The normalized spacial score (nSPS) is 18.4. The van der Waals surface area contributed by atoms with Crippen molar-refractivity contribution in [3.63, 3.8) is 0 Å². The summed E-state index contributed by atoms with van der Waals surface area (Å²) < 4.78 is 0. The minimum Gasteiger partial charge on any atom is -0.354 e. The van der Waals surface area contributed by atoms with E-state index in [-0.39, 0.29) is 23.8 Å². The molecule has 1 fully saturated rings. The number of carbonyl (C=O) groups excluding carboxylic acids is 2. The van der Waals surface area contributed by atoms with Gasteiger partial charge in [-0.1, -0.05) is 11.6 Å². The van der Waals surface area contributed by atoms with Crippen molar-refractivity contribution >= 4 is 29.2 Å². The molecule has 1 atom stereocenters. The van der Waals surface area contributed by atoms with Crippen LogP contribution in [0.1, 0.15) is 33.1 Å². The molecule has 0 aromatic carbocycles. The molecule has 1 aliphatic heterocycles. The summed E-state index contributed by atoms with van der Waals surface area (Å²) in [5.74, 6) is 0.463. The Bertz CT molecular complexity index is 562. The Morgan fingerprint density at radius 1 is 1.42 bits per heavy atom. The van der Waals surface area contributed by atoms with Crippen LogP contribution in [0.5, 0.6) is 0 Å². The van der Waals surface area contributed by atoms with E-state index in [4.69, 9.17) is 11.6 Å². The molecule has 0 bridgehead atoms. The van der Waals surface area contributed by atoms with Crippen molar-refractivity contribution in [1.82, 2.24) is 15.2 Å².